The summed E-state index contributed by atoms with van der Waals surface area (Å²) >= 11 is 0. The minimum atomic E-state index is -4.56. The van der Waals surface area contributed by atoms with Crippen LogP contribution in [0.3, 0.4) is 0 Å². The summed E-state index contributed by atoms with van der Waals surface area (Å²) < 4.78 is 46.3. The molecule has 4 aromatic carbocycles. The van der Waals surface area contributed by atoms with Gasteiger partial charge in [-0.15, -0.1) is 0 Å². The molecule has 2 N–H and O–H groups in total. The van der Waals surface area contributed by atoms with Crippen LogP contribution in [-0.2, 0) is 12.7 Å². The third-order valence-electron chi connectivity index (χ3n) is 6.31. The number of aromatic nitrogens is 1. The van der Waals surface area contributed by atoms with Crippen molar-refractivity contribution in [2.45, 2.75) is 19.6 Å². The molecule has 5 aromatic rings. The number of halogens is 3. The molecule has 0 atom stereocenters. The fourth-order valence-electron chi connectivity index (χ4n) is 4.28. The van der Waals surface area contributed by atoms with Crippen molar-refractivity contribution in [1.82, 2.24) is 10.3 Å². The monoisotopic (exact) mass is 555 g/mol. The fourth-order valence-corrected chi connectivity index (χ4v) is 4.28. The van der Waals surface area contributed by atoms with Gasteiger partial charge in [-0.05, 0) is 67.1 Å². The van der Waals surface area contributed by atoms with Crippen LogP contribution in [0.2, 0.25) is 0 Å². The van der Waals surface area contributed by atoms with Gasteiger partial charge in [-0.25, -0.2) is 4.98 Å². The number of aryl methyl sites for hydroxylation is 1. The highest BCUT2D eigenvalue weighted by atomic mass is 19.4. The van der Waals surface area contributed by atoms with Gasteiger partial charge in [0.1, 0.15) is 0 Å². The van der Waals surface area contributed by atoms with E-state index in [-0.39, 0.29) is 35.4 Å². The molecule has 0 aliphatic carbocycles. The van der Waals surface area contributed by atoms with Crippen LogP contribution in [0.5, 0.6) is 0 Å². The molecule has 0 bridgehead atoms. The number of benzene rings is 4. The number of oxazole rings is 1. The molecule has 0 saturated carbocycles. The molecule has 5 rings (SSSR count). The van der Waals surface area contributed by atoms with Crippen molar-refractivity contribution in [3.8, 4) is 22.8 Å². The summed E-state index contributed by atoms with van der Waals surface area (Å²) in [5.41, 5.74) is 2.14. The van der Waals surface area contributed by atoms with Crippen molar-refractivity contribution in [2.75, 3.05) is 5.32 Å². The Kier molecular flexibility index (Phi) is 7.69. The van der Waals surface area contributed by atoms with Gasteiger partial charge in [0, 0.05) is 28.9 Å². The third-order valence-corrected chi connectivity index (χ3v) is 6.31. The van der Waals surface area contributed by atoms with E-state index in [1.807, 2.05) is 19.1 Å². The van der Waals surface area contributed by atoms with E-state index < -0.39 is 17.6 Å². The number of nitrogens with one attached hydrogen (secondary N) is 2. The smallest absolute Gasteiger partial charge is 0.416 e. The van der Waals surface area contributed by atoms with Gasteiger partial charge in [0.05, 0.1) is 5.56 Å². The Morgan fingerprint density at radius 3 is 2.22 bits per heavy atom. The van der Waals surface area contributed by atoms with Crippen LogP contribution < -0.4 is 10.6 Å². The Morgan fingerprint density at radius 2 is 1.51 bits per heavy atom. The zero-order valence-corrected chi connectivity index (χ0v) is 21.8. The minimum absolute atomic E-state index is 0.0737. The summed E-state index contributed by atoms with van der Waals surface area (Å²) in [5.74, 6) is -0.647. The maximum absolute atomic E-state index is 13.4. The number of rotatable bonds is 7. The minimum Gasteiger partial charge on any atom is -0.435 e. The van der Waals surface area contributed by atoms with E-state index in [1.165, 1.54) is 18.2 Å². The van der Waals surface area contributed by atoms with Crippen molar-refractivity contribution < 1.29 is 27.2 Å². The Hall–Kier alpha value is -5.18. The predicted molar refractivity (Wildman–Crippen MR) is 149 cm³/mol. The van der Waals surface area contributed by atoms with E-state index in [9.17, 15) is 22.8 Å². The molecule has 1 aromatic heterocycles. The van der Waals surface area contributed by atoms with Gasteiger partial charge >= 0.3 is 6.18 Å². The highest BCUT2D eigenvalue weighted by Gasteiger charge is 2.33. The highest BCUT2D eigenvalue weighted by molar-refractivity contribution is 6.04. The molecule has 0 fully saturated rings. The summed E-state index contributed by atoms with van der Waals surface area (Å²) in [4.78, 5) is 30.3. The maximum Gasteiger partial charge on any atom is 0.416 e. The predicted octanol–water partition coefficient (Wildman–Crippen LogP) is 7.52. The number of carbonyl (C=O) groups excluding carboxylic acids is 2. The summed E-state index contributed by atoms with van der Waals surface area (Å²) in [7, 11) is 0. The normalized spacial score (nSPS) is 11.2. The van der Waals surface area contributed by atoms with Gasteiger partial charge in [0.25, 0.3) is 11.8 Å². The molecule has 1 heterocycles. The van der Waals surface area contributed by atoms with Crippen LogP contribution in [0.15, 0.2) is 108 Å². The molecule has 6 nitrogen and oxygen atoms in total. The first-order chi connectivity index (χ1) is 19.7. The average molecular weight is 556 g/mol. The van der Waals surface area contributed by atoms with Gasteiger partial charge in [0.15, 0.2) is 11.5 Å². The first kappa shape index (κ1) is 27.4. The summed E-state index contributed by atoms with van der Waals surface area (Å²) in [6.07, 6.45) is -4.56. The second-order valence-electron chi connectivity index (χ2n) is 9.30. The molecular formula is C32H24F3N3O3. The van der Waals surface area contributed by atoms with Crippen LogP contribution in [0, 0.1) is 6.92 Å². The van der Waals surface area contributed by atoms with Crippen molar-refractivity contribution in [2.24, 2.45) is 0 Å². The first-order valence-corrected chi connectivity index (χ1v) is 12.7. The number of amides is 2. The number of carbonyl (C=O) groups is 2. The fraction of sp³-hybridized carbons (Fsp3) is 0.0938. The maximum atomic E-state index is 13.4. The molecule has 0 unspecified atom stereocenters. The Labute approximate surface area is 233 Å². The number of hydrogen-bond donors (Lipinski definition) is 2. The molecule has 0 aliphatic heterocycles. The van der Waals surface area contributed by atoms with E-state index >= 15 is 0 Å². The van der Waals surface area contributed by atoms with Crippen LogP contribution >= 0.6 is 0 Å². The lowest BCUT2D eigenvalue weighted by Gasteiger charge is -2.13. The van der Waals surface area contributed by atoms with Gasteiger partial charge in [-0.1, -0.05) is 54.1 Å². The first-order valence-electron chi connectivity index (χ1n) is 12.7. The van der Waals surface area contributed by atoms with Gasteiger partial charge < -0.3 is 15.1 Å². The lowest BCUT2D eigenvalue weighted by Crippen LogP contribution is -2.25. The van der Waals surface area contributed by atoms with Crippen LogP contribution in [-0.4, -0.2) is 16.8 Å². The Morgan fingerprint density at radius 1 is 0.805 bits per heavy atom. The highest BCUT2D eigenvalue weighted by Crippen LogP contribution is 2.33. The molecule has 0 saturated heterocycles. The van der Waals surface area contributed by atoms with E-state index in [2.05, 4.69) is 15.6 Å². The number of hydrogen-bond acceptors (Lipinski definition) is 4. The van der Waals surface area contributed by atoms with Crippen molar-refractivity contribution in [1.29, 1.82) is 0 Å². The van der Waals surface area contributed by atoms with E-state index in [4.69, 9.17) is 4.42 Å². The van der Waals surface area contributed by atoms with Crippen LogP contribution in [0.1, 0.15) is 37.5 Å². The zero-order chi connectivity index (χ0) is 29.0. The number of nitrogens with zero attached hydrogens (tertiary/aromatic N) is 1. The molecule has 206 valence electrons. The average Bonchev–Trinajstić information content (AvgIpc) is 3.42. The van der Waals surface area contributed by atoms with Crippen molar-refractivity contribution in [3.05, 3.63) is 131 Å². The largest absolute Gasteiger partial charge is 0.435 e. The van der Waals surface area contributed by atoms with Crippen LogP contribution in [0.4, 0.5) is 18.9 Å². The molecular weight excluding hydrogens is 531 g/mol. The molecule has 2 amide bonds. The van der Waals surface area contributed by atoms with E-state index in [0.29, 0.717) is 22.4 Å². The standard InChI is InChI=1S/C32H24F3N3O3/c1-20-8-7-12-23(18-20)29(39)37-25-16-14-21(15-17-25)28-27(38-31(41-28)22-9-3-2-4-10-22)30(40)36-19-24-11-5-6-13-26(24)32(33,34)35/h2-18H,19H2,1H3,(H,36,40)(H,37,39). The van der Waals surface area contributed by atoms with Crippen molar-refractivity contribution in [3.63, 3.8) is 0 Å². The van der Waals surface area contributed by atoms with Crippen LogP contribution in [0.25, 0.3) is 22.8 Å². The molecule has 9 heteroatoms. The SMILES string of the molecule is Cc1cccc(C(=O)Nc2ccc(-c3oc(-c4ccccc4)nc3C(=O)NCc3ccccc3C(F)(F)F)cc2)c1. The second-order valence-corrected chi connectivity index (χ2v) is 9.30. The number of anilines is 1. The summed E-state index contributed by atoms with van der Waals surface area (Å²) in [6.45, 7) is 1.54. The molecule has 0 spiro atoms. The van der Waals surface area contributed by atoms with Gasteiger partial charge in [0.2, 0.25) is 5.89 Å². The van der Waals surface area contributed by atoms with Gasteiger partial charge in [-0.2, -0.15) is 13.2 Å². The summed E-state index contributed by atoms with van der Waals surface area (Å²) in [6, 6.07) is 27.8. The molecule has 0 aliphatic rings. The van der Waals surface area contributed by atoms with Gasteiger partial charge in [-0.3, -0.25) is 9.59 Å². The second kappa shape index (κ2) is 11.5. The van der Waals surface area contributed by atoms with Crippen molar-refractivity contribution >= 4 is 17.5 Å². The topological polar surface area (TPSA) is 84.2 Å². The third kappa shape index (κ3) is 6.36. The Bertz CT molecular complexity index is 1700. The lowest BCUT2D eigenvalue weighted by molar-refractivity contribution is -0.138. The lowest BCUT2D eigenvalue weighted by atomic mass is 10.1. The Balaban J connectivity index is 1.42. The van der Waals surface area contributed by atoms with E-state index in [1.54, 1.807) is 66.7 Å². The zero-order valence-electron chi connectivity index (χ0n) is 21.8. The summed E-state index contributed by atoms with van der Waals surface area (Å²) in [5, 5.41) is 5.38. The quantitative estimate of drug-likeness (QED) is 0.218. The van der Waals surface area contributed by atoms with E-state index in [0.717, 1.165) is 11.6 Å². The number of alkyl halides is 3. The molecule has 0 radical (unpaired) electrons. The molecule has 41 heavy (non-hydrogen) atoms.